The molecular formula is C23H28N2O3S. The van der Waals surface area contributed by atoms with Crippen molar-refractivity contribution >= 4 is 21.6 Å². The number of carbonyl (C=O) groups excluding carboxylic acids is 1. The van der Waals surface area contributed by atoms with Crippen molar-refractivity contribution in [2.24, 2.45) is 5.92 Å². The molecule has 4 rings (SSSR count). The number of amides is 1. The van der Waals surface area contributed by atoms with Gasteiger partial charge in [0.05, 0.1) is 4.90 Å². The highest BCUT2D eigenvalue weighted by molar-refractivity contribution is 7.89. The highest BCUT2D eigenvalue weighted by Gasteiger charge is 2.39. The number of fused-ring (bicyclic) bond motifs is 1. The molecule has 2 atom stereocenters. The van der Waals surface area contributed by atoms with Crippen LogP contribution in [0.25, 0.3) is 0 Å². The lowest BCUT2D eigenvalue weighted by Crippen LogP contribution is -2.36. The van der Waals surface area contributed by atoms with Crippen LogP contribution < -0.4 is 9.62 Å². The molecule has 1 heterocycles. The van der Waals surface area contributed by atoms with Crippen LogP contribution in [-0.4, -0.2) is 26.4 Å². The van der Waals surface area contributed by atoms with E-state index >= 15 is 0 Å². The lowest BCUT2D eigenvalue weighted by atomic mass is 10.1. The quantitative estimate of drug-likeness (QED) is 0.754. The molecule has 1 amide bonds. The molecule has 29 heavy (non-hydrogen) atoms. The maximum absolute atomic E-state index is 13.0. The van der Waals surface area contributed by atoms with E-state index in [9.17, 15) is 13.2 Å². The summed E-state index contributed by atoms with van der Waals surface area (Å²) < 4.78 is 28.9. The monoisotopic (exact) mass is 412 g/mol. The number of anilines is 1. The Morgan fingerprint density at radius 3 is 2.55 bits per heavy atom. The molecule has 1 saturated carbocycles. The largest absolute Gasteiger partial charge is 0.309 e. The van der Waals surface area contributed by atoms with E-state index in [1.807, 2.05) is 49.1 Å². The second-order valence-corrected chi connectivity index (χ2v) is 9.96. The van der Waals surface area contributed by atoms with E-state index in [0.717, 1.165) is 29.7 Å². The number of carbonyl (C=O) groups is 1. The van der Waals surface area contributed by atoms with Crippen molar-refractivity contribution in [3.63, 3.8) is 0 Å². The molecule has 0 aromatic heterocycles. The number of nitrogens with one attached hydrogen (secondary N) is 1. The first kappa shape index (κ1) is 20.1. The second-order valence-electron chi connectivity index (χ2n) is 8.24. The first-order chi connectivity index (χ1) is 13.9. The minimum atomic E-state index is -3.63. The minimum Gasteiger partial charge on any atom is -0.309 e. The van der Waals surface area contributed by atoms with Gasteiger partial charge in [-0.15, -0.1) is 0 Å². The molecular weight excluding hydrogens is 384 g/mol. The predicted molar refractivity (Wildman–Crippen MR) is 114 cm³/mol. The summed E-state index contributed by atoms with van der Waals surface area (Å²) in [6.45, 7) is 4.02. The van der Waals surface area contributed by atoms with Gasteiger partial charge in [-0.1, -0.05) is 37.3 Å². The van der Waals surface area contributed by atoms with Crippen LogP contribution >= 0.6 is 0 Å². The molecule has 2 aromatic rings. The molecule has 1 aliphatic heterocycles. The third-order valence-corrected chi connectivity index (χ3v) is 7.40. The van der Waals surface area contributed by atoms with Crippen molar-refractivity contribution in [3.05, 3.63) is 59.7 Å². The average Bonchev–Trinajstić information content (AvgIpc) is 3.49. The van der Waals surface area contributed by atoms with Gasteiger partial charge in [-0.2, -0.15) is 0 Å². The van der Waals surface area contributed by atoms with Crippen LogP contribution in [0, 0.1) is 5.92 Å². The van der Waals surface area contributed by atoms with Gasteiger partial charge in [0.25, 0.3) is 0 Å². The van der Waals surface area contributed by atoms with E-state index in [-0.39, 0.29) is 28.8 Å². The molecule has 0 radical (unpaired) electrons. The molecule has 0 bridgehead atoms. The summed E-state index contributed by atoms with van der Waals surface area (Å²) in [6, 6.07) is 15.0. The molecule has 2 aliphatic rings. The van der Waals surface area contributed by atoms with Gasteiger partial charge in [0, 0.05) is 23.7 Å². The van der Waals surface area contributed by atoms with Gasteiger partial charge >= 0.3 is 0 Å². The highest BCUT2D eigenvalue weighted by Crippen LogP contribution is 2.39. The van der Waals surface area contributed by atoms with E-state index < -0.39 is 10.0 Å². The van der Waals surface area contributed by atoms with Crippen LogP contribution in [-0.2, 0) is 27.7 Å². The van der Waals surface area contributed by atoms with Gasteiger partial charge in [0.15, 0.2) is 0 Å². The van der Waals surface area contributed by atoms with E-state index in [1.165, 1.54) is 0 Å². The fourth-order valence-corrected chi connectivity index (χ4v) is 5.46. The summed E-state index contributed by atoms with van der Waals surface area (Å²) in [5.41, 5.74) is 2.91. The lowest BCUT2D eigenvalue weighted by Gasteiger charge is -2.23. The van der Waals surface area contributed by atoms with Crippen molar-refractivity contribution in [2.45, 2.75) is 62.9 Å². The Bertz CT molecular complexity index is 1000. The Kier molecular flexibility index (Phi) is 5.49. The first-order valence-electron chi connectivity index (χ1n) is 10.4. The topological polar surface area (TPSA) is 66.5 Å². The van der Waals surface area contributed by atoms with Crippen LogP contribution in [0.15, 0.2) is 53.4 Å². The first-order valence-corrected chi connectivity index (χ1v) is 11.9. The second kappa shape index (κ2) is 7.92. The number of hydrogen-bond donors (Lipinski definition) is 1. The Morgan fingerprint density at radius 2 is 1.90 bits per heavy atom. The summed E-state index contributed by atoms with van der Waals surface area (Å²) >= 11 is 0. The van der Waals surface area contributed by atoms with Gasteiger partial charge in [-0.25, -0.2) is 13.1 Å². The van der Waals surface area contributed by atoms with Gasteiger partial charge in [0.2, 0.25) is 15.9 Å². The molecule has 154 valence electrons. The fraction of sp³-hybridized carbons (Fsp3) is 0.435. The summed E-state index contributed by atoms with van der Waals surface area (Å²) in [6.07, 6.45) is 3.99. The smallest absolute Gasteiger partial charge is 0.240 e. The number of sulfonamides is 1. The van der Waals surface area contributed by atoms with Crippen LogP contribution in [0.1, 0.15) is 44.2 Å². The highest BCUT2D eigenvalue weighted by atomic mass is 32.2. The standard InChI is InChI=1S/C23H28N2O3S/c1-3-20(14-17-7-5-4-6-8-17)24-29(27,28)21-11-12-22-19(15-21)13-16(2)25(22)23(26)18-9-10-18/h4-8,11-12,15-16,18,20,24H,3,9-10,13-14H2,1-2H3/t16-,20+/m1/s1. The van der Waals surface area contributed by atoms with Gasteiger partial charge < -0.3 is 4.90 Å². The number of hydrogen-bond acceptors (Lipinski definition) is 3. The maximum Gasteiger partial charge on any atom is 0.240 e. The number of nitrogens with zero attached hydrogens (tertiary/aromatic N) is 1. The number of benzene rings is 2. The molecule has 0 spiro atoms. The summed E-state index contributed by atoms with van der Waals surface area (Å²) in [7, 11) is -3.63. The number of rotatable bonds is 7. The molecule has 1 aliphatic carbocycles. The van der Waals surface area contributed by atoms with Crippen LogP contribution in [0.2, 0.25) is 0 Å². The van der Waals surface area contributed by atoms with Crippen molar-refractivity contribution in [1.82, 2.24) is 4.72 Å². The predicted octanol–water partition coefficient (Wildman–Crippen LogP) is 3.67. The van der Waals surface area contributed by atoms with E-state index in [0.29, 0.717) is 19.3 Å². The van der Waals surface area contributed by atoms with Crippen molar-refractivity contribution in [1.29, 1.82) is 0 Å². The minimum absolute atomic E-state index is 0.0745. The zero-order chi connectivity index (χ0) is 20.6. The molecule has 0 unspecified atom stereocenters. The summed E-state index contributed by atoms with van der Waals surface area (Å²) in [4.78, 5) is 14.8. The maximum atomic E-state index is 13.0. The van der Waals surface area contributed by atoms with E-state index in [4.69, 9.17) is 0 Å². The molecule has 5 nitrogen and oxygen atoms in total. The third-order valence-electron chi connectivity index (χ3n) is 5.88. The Morgan fingerprint density at radius 1 is 1.17 bits per heavy atom. The molecule has 1 N–H and O–H groups in total. The molecule has 1 fully saturated rings. The van der Waals surface area contributed by atoms with Gasteiger partial charge in [-0.05, 0) is 68.4 Å². The Balaban J connectivity index is 1.53. The van der Waals surface area contributed by atoms with Crippen molar-refractivity contribution in [2.75, 3.05) is 4.90 Å². The Hall–Kier alpha value is -2.18. The van der Waals surface area contributed by atoms with E-state index in [2.05, 4.69) is 4.72 Å². The third kappa shape index (κ3) is 4.23. The van der Waals surface area contributed by atoms with Crippen LogP contribution in [0.3, 0.4) is 0 Å². The fourth-order valence-electron chi connectivity index (χ4n) is 4.09. The van der Waals surface area contributed by atoms with E-state index in [1.54, 1.807) is 18.2 Å². The van der Waals surface area contributed by atoms with Gasteiger partial charge in [-0.3, -0.25) is 4.79 Å². The SMILES string of the molecule is CC[C@@H](Cc1ccccc1)NS(=O)(=O)c1ccc2c(c1)C[C@@H](C)N2C(=O)C1CC1. The van der Waals surface area contributed by atoms with Crippen LogP contribution in [0.4, 0.5) is 5.69 Å². The van der Waals surface area contributed by atoms with Crippen molar-refractivity contribution < 1.29 is 13.2 Å². The summed E-state index contributed by atoms with van der Waals surface area (Å²) in [5, 5.41) is 0. The zero-order valence-electron chi connectivity index (χ0n) is 17.0. The lowest BCUT2D eigenvalue weighted by molar-refractivity contribution is -0.120. The molecule has 6 heteroatoms. The Labute approximate surface area is 173 Å². The normalized spacial score (nSPS) is 19.8. The van der Waals surface area contributed by atoms with Gasteiger partial charge in [0.1, 0.15) is 0 Å². The molecule has 2 aromatic carbocycles. The summed E-state index contributed by atoms with van der Waals surface area (Å²) in [5.74, 6) is 0.329. The molecule has 0 saturated heterocycles. The average molecular weight is 413 g/mol. The van der Waals surface area contributed by atoms with Crippen molar-refractivity contribution in [3.8, 4) is 0 Å². The van der Waals surface area contributed by atoms with Crippen LogP contribution in [0.5, 0.6) is 0 Å². The zero-order valence-corrected chi connectivity index (χ0v) is 17.8.